The van der Waals surface area contributed by atoms with Crippen LogP contribution in [0.4, 0.5) is 5.69 Å². The van der Waals surface area contributed by atoms with E-state index in [0.717, 1.165) is 10.6 Å². The van der Waals surface area contributed by atoms with E-state index in [1.807, 2.05) is 0 Å². The highest BCUT2D eigenvalue weighted by Gasteiger charge is 2.30. The number of amides is 2. The molecule has 126 valence electrons. The Morgan fingerprint density at radius 1 is 1.50 bits per heavy atom. The fourth-order valence-electron chi connectivity index (χ4n) is 2.51. The smallest absolute Gasteiger partial charge is 0.228 e. The van der Waals surface area contributed by atoms with Crippen LogP contribution in [0.1, 0.15) is 17.9 Å². The predicted octanol–water partition coefficient (Wildman–Crippen LogP) is 1.15. The molecule has 1 aromatic carbocycles. The van der Waals surface area contributed by atoms with E-state index < -0.39 is 5.92 Å². The van der Waals surface area contributed by atoms with Crippen LogP contribution in [0.15, 0.2) is 29.4 Å². The van der Waals surface area contributed by atoms with Gasteiger partial charge in [-0.15, -0.1) is 16.9 Å². The molecular formula is C15H17N5O3S. The first-order valence-corrected chi connectivity index (χ1v) is 8.40. The topological polar surface area (TPSA) is 109 Å². The lowest BCUT2D eigenvalue weighted by Crippen LogP contribution is -2.36. The summed E-state index contributed by atoms with van der Waals surface area (Å²) in [5, 5.41) is 16.6. The van der Waals surface area contributed by atoms with E-state index >= 15 is 0 Å². The molecule has 1 aliphatic rings. The number of rotatable bonds is 6. The molecule has 3 rings (SSSR count). The fourth-order valence-corrected chi connectivity index (χ4v) is 3.16. The lowest BCUT2D eigenvalue weighted by Gasteiger charge is -2.25. The van der Waals surface area contributed by atoms with E-state index in [9.17, 15) is 9.59 Å². The first-order chi connectivity index (χ1) is 11.7. The Morgan fingerprint density at radius 3 is 3.12 bits per heavy atom. The van der Waals surface area contributed by atoms with E-state index in [2.05, 4.69) is 26.0 Å². The Hall–Kier alpha value is -2.55. The van der Waals surface area contributed by atoms with Crippen molar-refractivity contribution < 1.29 is 14.3 Å². The van der Waals surface area contributed by atoms with Crippen LogP contribution >= 0.6 is 11.8 Å². The zero-order valence-corrected chi connectivity index (χ0v) is 13.9. The number of aromatic nitrogens is 3. The molecule has 1 aliphatic heterocycles. The molecule has 24 heavy (non-hydrogen) atoms. The van der Waals surface area contributed by atoms with Crippen LogP contribution in [0.5, 0.6) is 5.75 Å². The second-order valence-corrected chi connectivity index (χ2v) is 6.32. The first kappa shape index (κ1) is 16.3. The van der Waals surface area contributed by atoms with Crippen LogP contribution in [-0.4, -0.2) is 46.6 Å². The van der Waals surface area contributed by atoms with Gasteiger partial charge >= 0.3 is 0 Å². The van der Waals surface area contributed by atoms with Gasteiger partial charge < -0.3 is 15.4 Å². The average Bonchev–Trinajstić information content (AvgIpc) is 3.10. The second kappa shape index (κ2) is 7.35. The minimum Gasteiger partial charge on any atom is -0.497 e. The molecule has 9 heteroatoms. The summed E-state index contributed by atoms with van der Waals surface area (Å²) >= 11 is 1.49. The van der Waals surface area contributed by atoms with Gasteiger partial charge in [-0.1, -0.05) is 0 Å². The number of fused-ring (bicyclic) bond motifs is 1. The molecule has 0 spiro atoms. The highest BCUT2D eigenvalue weighted by molar-refractivity contribution is 7.99. The van der Waals surface area contributed by atoms with Gasteiger partial charge in [0, 0.05) is 24.4 Å². The molecular weight excluding hydrogens is 330 g/mol. The van der Waals surface area contributed by atoms with Gasteiger partial charge in [-0.3, -0.25) is 9.59 Å². The quantitative estimate of drug-likeness (QED) is 0.534. The summed E-state index contributed by atoms with van der Waals surface area (Å²) in [6, 6.07) is 5.31. The maximum absolute atomic E-state index is 12.5. The minimum atomic E-state index is -0.513. The number of H-pyrrole nitrogens is 1. The summed E-state index contributed by atoms with van der Waals surface area (Å²) in [4.78, 5) is 24.3. The number of nitrogens with zero attached hydrogens (tertiary/aromatic N) is 2. The third kappa shape index (κ3) is 3.67. The zero-order valence-electron chi connectivity index (χ0n) is 13.0. The molecule has 0 radical (unpaired) electrons. The third-order valence-corrected chi connectivity index (χ3v) is 4.56. The molecule has 0 saturated heterocycles. The average molecular weight is 347 g/mol. The molecule has 1 atom stereocenters. The maximum Gasteiger partial charge on any atom is 0.228 e. The van der Waals surface area contributed by atoms with Crippen molar-refractivity contribution in [3.05, 3.63) is 30.0 Å². The van der Waals surface area contributed by atoms with Crippen LogP contribution in [-0.2, 0) is 9.59 Å². The van der Waals surface area contributed by atoms with Gasteiger partial charge in [-0.2, -0.15) is 10.3 Å². The fraction of sp³-hybridized carbons (Fsp3) is 0.333. The third-order valence-electron chi connectivity index (χ3n) is 3.66. The molecule has 3 N–H and O–H groups in total. The highest BCUT2D eigenvalue weighted by atomic mass is 32.2. The second-order valence-electron chi connectivity index (χ2n) is 5.21. The largest absolute Gasteiger partial charge is 0.497 e. The van der Waals surface area contributed by atoms with Gasteiger partial charge in [0.2, 0.25) is 11.8 Å². The number of hydrogen-bond donors (Lipinski definition) is 3. The van der Waals surface area contributed by atoms with Crippen molar-refractivity contribution in [2.45, 2.75) is 17.4 Å². The molecule has 0 saturated carbocycles. The Labute approximate surface area is 142 Å². The van der Waals surface area contributed by atoms with Gasteiger partial charge in [0.05, 0.1) is 19.2 Å². The molecule has 2 heterocycles. The number of nitrogens with one attached hydrogen (secondary N) is 3. The van der Waals surface area contributed by atoms with Crippen molar-refractivity contribution in [3.63, 3.8) is 0 Å². The van der Waals surface area contributed by atoms with Crippen LogP contribution in [0.3, 0.4) is 0 Å². The van der Waals surface area contributed by atoms with E-state index in [-0.39, 0.29) is 18.2 Å². The molecule has 8 nitrogen and oxygen atoms in total. The van der Waals surface area contributed by atoms with Crippen LogP contribution in [0.25, 0.3) is 0 Å². The van der Waals surface area contributed by atoms with Crippen LogP contribution in [0.2, 0.25) is 0 Å². The minimum absolute atomic E-state index is 0.127. The van der Waals surface area contributed by atoms with Gasteiger partial charge in [-0.25, -0.2) is 0 Å². The zero-order chi connectivity index (χ0) is 16.9. The van der Waals surface area contributed by atoms with Crippen molar-refractivity contribution >= 4 is 29.3 Å². The monoisotopic (exact) mass is 347 g/mol. The number of hydrogen-bond acceptors (Lipinski definition) is 6. The molecule has 2 aromatic rings. The van der Waals surface area contributed by atoms with Crippen molar-refractivity contribution in [3.8, 4) is 5.75 Å². The summed E-state index contributed by atoms with van der Waals surface area (Å²) < 4.78 is 5.21. The van der Waals surface area contributed by atoms with E-state index in [0.29, 0.717) is 23.7 Å². The Bertz CT molecular complexity index is 735. The molecule has 2 amide bonds. The standard InChI is InChI=1S/C15H17N5O3S/c1-23-9-2-3-12-10(6-9)11(7-13(21)18-12)15(22)16-4-5-24-14-8-17-20-19-14/h2-3,6,8,11H,4-5,7H2,1H3,(H,16,22)(H,18,21)(H,17,19,20)/t11-/m0/s1. The Morgan fingerprint density at radius 2 is 2.38 bits per heavy atom. The predicted molar refractivity (Wildman–Crippen MR) is 89.1 cm³/mol. The molecule has 0 aliphatic carbocycles. The Kier molecular flexibility index (Phi) is 4.99. The number of benzene rings is 1. The van der Waals surface area contributed by atoms with E-state index in [1.54, 1.807) is 31.5 Å². The lowest BCUT2D eigenvalue weighted by molar-refractivity contribution is -0.126. The van der Waals surface area contributed by atoms with Crippen molar-refractivity contribution in [2.75, 3.05) is 24.7 Å². The summed E-state index contributed by atoms with van der Waals surface area (Å²) in [5.74, 6) is 0.484. The van der Waals surface area contributed by atoms with Gasteiger partial charge in [0.1, 0.15) is 10.8 Å². The van der Waals surface area contributed by atoms with Gasteiger partial charge in [-0.05, 0) is 23.8 Å². The summed E-state index contributed by atoms with van der Waals surface area (Å²) in [5.41, 5.74) is 1.43. The van der Waals surface area contributed by atoms with Gasteiger partial charge in [0.15, 0.2) is 0 Å². The number of carbonyl (C=O) groups is 2. The molecule has 1 aromatic heterocycles. The van der Waals surface area contributed by atoms with Crippen molar-refractivity contribution in [1.29, 1.82) is 0 Å². The van der Waals surface area contributed by atoms with E-state index in [1.165, 1.54) is 11.8 Å². The number of thioether (sulfide) groups is 1. The van der Waals surface area contributed by atoms with Gasteiger partial charge in [0.25, 0.3) is 0 Å². The SMILES string of the molecule is COc1ccc2c(c1)[C@@H](C(=O)NCCSc1cn[nH]n1)CC(=O)N2. The normalized spacial score (nSPS) is 16.2. The van der Waals surface area contributed by atoms with E-state index in [4.69, 9.17) is 4.74 Å². The molecule has 0 fully saturated rings. The van der Waals surface area contributed by atoms with Crippen molar-refractivity contribution in [1.82, 2.24) is 20.7 Å². The highest BCUT2D eigenvalue weighted by Crippen LogP contribution is 2.34. The summed E-state index contributed by atoms with van der Waals surface area (Å²) in [6.45, 7) is 0.480. The van der Waals surface area contributed by atoms with Crippen LogP contribution < -0.4 is 15.4 Å². The molecule has 0 bridgehead atoms. The number of methoxy groups -OCH3 is 1. The summed E-state index contributed by atoms with van der Waals surface area (Å²) in [6.07, 6.45) is 1.75. The number of aromatic amines is 1. The van der Waals surface area contributed by atoms with Crippen LogP contribution in [0, 0.1) is 0 Å². The number of carbonyl (C=O) groups excluding carboxylic acids is 2. The number of ether oxygens (including phenoxy) is 1. The molecule has 0 unspecified atom stereocenters. The summed E-state index contributed by atoms with van der Waals surface area (Å²) in [7, 11) is 1.57. The van der Waals surface area contributed by atoms with Crippen molar-refractivity contribution in [2.24, 2.45) is 0 Å². The Balaban J connectivity index is 1.63. The lowest BCUT2D eigenvalue weighted by atomic mass is 9.89. The maximum atomic E-state index is 12.5. The first-order valence-electron chi connectivity index (χ1n) is 7.41. The number of anilines is 1.